The third-order valence-electron chi connectivity index (χ3n) is 3.24. The van der Waals surface area contributed by atoms with Gasteiger partial charge in [-0.1, -0.05) is 30.3 Å². The van der Waals surface area contributed by atoms with Crippen LogP contribution in [0.5, 0.6) is 0 Å². The number of carbonyl (C=O) groups is 1. The molecular formula is C15H11N3O4. The van der Waals surface area contributed by atoms with Crippen LogP contribution in [0, 0.1) is 10.1 Å². The quantitative estimate of drug-likeness (QED) is 0.421. The van der Waals surface area contributed by atoms with Crippen LogP contribution in [0.4, 0.5) is 5.69 Å². The van der Waals surface area contributed by atoms with Crippen molar-refractivity contribution in [2.75, 3.05) is 7.11 Å². The molecule has 0 aliphatic heterocycles. The number of nitro groups is 1. The first-order valence-electron chi connectivity index (χ1n) is 6.42. The number of esters is 1. The fraction of sp³-hybridized carbons (Fsp3) is 0.0667. The van der Waals surface area contributed by atoms with E-state index in [1.54, 1.807) is 12.1 Å². The Morgan fingerprint density at radius 2 is 1.95 bits per heavy atom. The summed E-state index contributed by atoms with van der Waals surface area (Å²) in [6.45, 7) is 0. The van der Waals surface area contributed by atoms with Gasteiger partial charge in [0.15, 0.2) is 5.69 Å². The highest BCUT2D eigenvalue weighted by Gasteiger charge is 2.22. The third-order valence-corrected chi connectivity index (χ3v) is 3.24. The number of rotatable bonds is 3. The van der Waals surface area contributed by atoms with Crippen molar-refractivity contribution >= 4 is 17.3 Å². The molecular weight excluding hydrogens is 286 g/mol. The number of aromatic nitrogens is 2. The van der Waals surface area contributed by atoms with Gasteiger partial charge in [-0.05, 0) is 6.07 Å². The van der Waals surface area contributed by atoms with Crippen LogP contribution in [-0.2, 0) is 4.74 Å². The number of hydrogen-bond acceptors (Lipinski definition) is 5. The Kier molecular flexibility index (Phi) is 3.30. The first-order valence-corrected chi connectivity index (χ1v) is 6.42. The normalized spacial score (nSPS) is 10.6. The zero-order valence-electron chi connectivity index (χ0n) is 11.6. The molecule has 2 heterocycles. The summed E-state index contributed by atoms with van der Waals surface area (Å²) in [6.07, 6.45) is 1.34. The summed E-state index contributed by atoms with van der Waals surface area (Å²) >= 11 is 0. The summed E-state index contributed by atoms with van der Waals surface area (Å²) < 4.78 is 6.28. The summed E-state index contributed by atoms with van der Waals surface area (Å²) in [5.41, 5.74) is 1.65. The van der Waals surface area contributed by atoms with Gasteiger partial charge in [-0.25, -0.2) is 9.78 Å². The van der Waals surface area contributed by atoms with Crippen molar-refractivity contribution < 1.29 is 14.5 Å². The Morgan fingerprint density at radius 3 is 2.59 bits per heavy atom. The van der Waals surface area contributed by atoms with E-state index in [-0.39, 0.29) is 11.4 Å². The number of benzene rings is 1. The van der Waals surface area contributed by atoms with Crippen molar-refractivity contribution in [2.24, 2.45) is 0 Å². The van der Waals surface area contributed by atoms with E-state index in [4.69, 9.17) is 4.74 Å². The topological polar surface area (TPSA) is 86.7 Å². The van der Waals surface area contributed by atoms with Crippen LogP contribution in [0.2, 0.25) is 0 Å². The lowest BCUT2D eigenvalue weighted by atomic mass is 10.1. The fourth-order valence-corrected chi connectivity index (χ4v) is 2.25. The second-order valence-electron chi connectivity index (χ2n) is 4.54. The van der Waals surface area contributed by atoms with Crippen molar-refractivity contribution in [2.45, 2.75) is 0 Å². The van der Waals surface area contributed by atoms with Crippen molar-refractivity contribution in [1.29, 1.82) is 0 Å². The van der Waals surface area contributed by atoms with Crippen molar-refractivity contribution in [3.63, 3.8) is 0 Å². The molecule has 0 fully saturated rings. The van der Waals surface area contributed by atoms with Gasteiger partial charge < -0.3 is 4.74 Å². The van der Waals surface area contributed by atoms with Crippen LogP contribution in [0.25, 0.3) is 16.9 Å². The third kappa shape index (κ3) is 2.18. The molecule has 22 heavy (non-hydrogen) atoms. The molecule has 0 aliphatic carbocycles. The molecule has 7 nitrogen and oxygen atoms in total. The highest BCUT2D eigenvalue weighted by Crippen LogP contribution is 2.27. The Bertz CT molecular complexity index is 871. The molecule has 0 unspecified atom stereocenters. The summed E-state index contributed by atoms with van der Waals surface area (Å²) in [6, 6.07) is 11.9. The lowest BCUT2D eigenvalue weighted by Crippen LogP contribution is -2.04. The molecule has 3 rings (SSSR count). The minimum Gasteiger partial charge on any atom is -0.464 e. The molecule has 1 aromatic carbocycles. The van der Waals surface area contributed by atoms with E-state index in [1.807, 2.05) is 18.2 Å². The molecule has 110 valence electrons. The minimum absolute atomic E-state index is 0.0847. The molecule has 2 aromatic heterocycles. The molecule has 0 spiro atoms. The second kappa shape index (κ2) is 5.28. The van der Waals surface area contributed by atoms with Gasteiger partial charge in [0, 0.05) is 11.6 Å². The van der Waals surface area contributed by atoms with Crippen LogP contribution in [0.3, 0.4) is 0 Å². The average molecular weight is 297 g/mol. The summed E-state index contributed by atoms with van der Waals surface area (Å²) in [5.74, 6) is -0.592. The average Bonchev–Trinajstić information content (AvgIpc) is 2.93. The molecule has 0 atom stereocenters. The zero-order chi connectivity index (χ0) is 15.7. The second-order valence-corrected chi connectivity index (χ2v) is 4.54. The smallest absolute Gasteiger partial charge is 0.358 e. The Hall–Kier alpha value is -3.22. The maximum absolute atomic E-state index is 12.0. The number of fused-ring (bicyclic) bond motifs is 1. The highest BCUT2D eigenvalue weighted by atomic mass is 16.6. The fourth-order valence-electron chi connectivity index (χ4n) is 2.25. The highest BCUT2D eigenvalue weighted by molar-refractivity contribution is 5.95. The van der Waals surface area contributed by atoms with Crippen LogP contribution in [-0.4, -0.2) is 27.4 Å². The predicted octanol–water partition coefficient (Wildman–Crippen LogP) is 2.70. The van der Waals surface area contributed by atoms with E-state index in [9.17, 15) is 14.9 Å². The maximum atomic E-state index is 12.0. The summed E-state index contributed by atoms with van der Waals surface area (Å²) in [7, 11) is 1.27. The monoisotopic (exact) mass is 297 g/mol. The predicted molar refractivity (Wildman–Crippen MR) is 78.6 cm³/mol. The molecule has 0 saturated heterocycles. The minimum atomic E-state index is -0.592. The first kappa shape index (κ1) is 13.7. The number of pyridine rings is 1. The number of methoxy groups -OCH3 is 1. The largest absolute Gasteiger partial charge is 0.464 e. The Morgan fingerprint density at radius 1 is 1.23 bits per heavy atom. The molecule has 0 radical (unpaired) electrons. The van der Waals surface area contributed by atoms with Gasteiger partial charge in [-0.15, -0.1) is 0 Å². The van der Waals surface area contributed by atoms with Crippen LogP contribution in [0.1, 0.15) is 10.5 Å². The van der Waals surface area contributed by atoms with Crippen molar-refractivity contribution in [1.82, 2.24) is 9.38 Å². The molecule has 0 saturated carbocycles. The SMILES string of the molecule is COC(=O)c1nc2ccc([N+](=O)[O-])cn2c1-c1ccccc1. The molecule has 0 aliphatic rings. The standard InChI is InChI=1S/C15H11N3O4/c1-22-15(19)13-14(10-5-3-2-4-6-10)17-9-11(18(20)21)7-8-12(17)16-13/h2-9H,1H3. The van der Waals surface area contributed by atoms with E-state index in [0.717, 1.165) is 5.56 Å². The molecule has 0 bridgehead atoms. The first-order chi connectivity index (χ1) is 10.6. The number of hydrogen-bond donors (Lipinski definition) is 0. The Labute approximate surface area is 124 Å². The van der Waals surface area contributed by atoms with E-state index >= 15 is 0 Å². The van der Waals surface area contributed by atoms with E-state index in [1.165, 1.54) is 29.8 Å². The van der Waals surface area contributed by atoms with Gasteiger partial charge >= 0.3 is 5.97 Å². The van der Waals surface area contributed by atoms with E-state index in [2.05, 4.69) is 4.98 Å². The number of nitrogens with zero attached hydrogens (tertiary/aromatic N) is 3. The van der Waals surface area contributed by atoms with Gasteiger partial charge in [-0.2, -0.15) is 0 Å². The van der Waals surface area contributed by atoms with Crippen molar-refractivity contribution in [3.8, 4) is 11.3 Å². The summed E-state index contributed by atoms with van der Waals surface area (Å²) in [4.78, 5) is 26.7. The van der Waals surface area contributed by atoms with Gasteiger partial charge in [-0.3, -0.25) is 14.5 Å². The van der Waals surface area contributed by atoms with Gasteiger partial charge in [0.2, 0.25) is 0 Å². The summed E-state index contributed by atoms with van der Waals surface area (Å²) in [5, 5.41) is 11.0. The lowest BCUT2D eigenvalue weighted by molar-refractivity contribution is -0.385. The number of imidazole rings is 1. The molecule has 0 amide bonds. The van der Waals surface area contributed by atoms with Gasteiger partial charge in [0.05, 0.1) is 23.9 Å². The van der Waals surface area contributed by atoms with Gasteiger partial charge in [0.1, 0.15) is 5.65 Å². The molecule has 0 N–H and O–H groups in total. The van der Waals surface area contributed by atoms with Crippen LogP contribution in [0.15, 0.2) is 48.7 Å². The van der Waals surface area contributed by atoms with Crippen LogP contribution >= 0.6 is 0 Å². The number of ether oxygens (including phenoxy) is 1. The lowest BCUT2D eigenvalue weighted by Gasteiger charge is -2.04. The maximum Gasteiger partial charge on any atom is 0.358 e. The van der Waals surface area contributed by atoms with Crippen molar-refractivity contribution in [3.05, 3.63) is 64.5 Å². The molecule has 7 heteroatoms. The van der Waals surface area contributed by atoms with E-state index < -0.39 is 10.9 Å². The van der Waals surface area contributed by atoms with Gasteiger partial charge in [0.25, 0.3) is 5.69 Å². The Balaban J connectivity index is 2.35. The molecule has 3 aromatic rings. The van der Waals surface area contributed by atoms with Crippen LogP contribution < -0.4 is 0 Å². The number of carbonyl (C=O) groups excluding carboxylic acids is 1. The zero-order valence-corrected chi connectivity index (χ0v) is 11.6. The van der Waals surface area contributed by atoms with E-state index in [0.29, 0.717) is 11.3 Å².